The lowest BCUT2D eigenvalue weighted by atomic mass is 10.3. The number of methoxy groups -OCH3 is 2. The summed E-state index contributed by atoms with van der Waals surface area (Å²) in [6.45, 7) is 3.75. The normalized spacial score (nSPS) is 16.5. The van der Waals surface area contributed by atoms with Gasteiger partial charge in [-0.25, -0.2) is 9.98 Å². The predicted molar refractivity (Wildman–Crippen MR) is 98.9 cm³/mol. The standard InChI is InChI=1S/C14H23Cl2N3O2S/c1-7-11(20-4)10(15)8-12(21-5)19-14(22-6)18-9(2)13(16)17-3/h12H,7-8H2,1-6H3/b11-10-,17-13+,18-9+,19-14?. The molecule has 0 aliphatic rings. The van der Waals surface area contributed by atoms with E-state index in [1.807, 2.05) is 13.2 Å². The molecule has 0 aromatic heterocycles. The quantitative estimate of drug-likeness (QED) is 0.382. The zero-order valence-corrected chi connectivity index (χ0v) is 16.1. The van der Waals surface area contributed by atoms with E-state index in [-0.39, 0.29) is 0 Å². The van der Waals surface area contributed by atoms with E-state index in [2.05, 4.69) is 15.0 Å². The Morgan fingerprint density at radius 1 is 1.27 bits per heavy atom. The molecule has 22 heavy (non-hydrogen) atoms. The van der Waals surface area contributed by atoms with Gasteiger partial charge in [-0.05, 0) is 13.2 Å². The van der Waals surface area contributed by atoms with Gasteiger partial charge in [0.25, 0.3) is 0 Å². The van der Waals surface area contributed by atoms with Crippen molar-refractivity contribution in [3.8, 4) is 0 Å². The third kappa shape index (κ3) is 7.63. The van der Waals surface area contributed by atoms with Crippen LogP contribution in [0.4, 0.5) is 0 Å². The monoisotopic (exact) mass is 367 g/mol. The van der Waals surface area contributed by atoms with Crippen LogP contribution in [0.1, 0.15) is 26.7 Å². The van der Waals surface area contributed by atoms with Crippen LogP contribution in [0, 0.1) is 0 Å². The summed E-state index contributed by atoms with van der Waals surface area (Å²) in [4.78, 5) is 12.7. The van der Waals surface area contributed by atoms with Crippen molar-refractivity contribution in [1.29, 1.82) is 0 Å². The van der Waals surface area contributed by atoms with E-state index < -0.39 is 6.23 Å². The summed E-state index contributed by atoms with van der Waals surface area (Å²) in [6.07, 6.45) is 2.57. The number of halogens is 2. The predicted octanol–water partition coefficient (Wildman–Crippen LogP) is 4.30. The van der Waals surface area contributed by atoms with Gasteiger partial charge in [-0.1, -0.05) is 41.9 Å². The van der Waals surface area contributed by atoms with Gasteiger partial charge >= 0.3 is 0 Å². The van der Waals surface area contributed by atoms with Crippen LogP contribution < -0.4 is 0 Å². The van der Waals surface area contributed by atoms with Crippen molar-refractivity contribution >= 4 is 51.0 Å². The van der Waals surface area contributed by atoms with Crippen LogP contribution in [0.25, 0.3) is 0 Å². The molecule has 1 atom stereocenters. The van der Waals surface area contributed by atoms with E-state index in [0.29, 0.717) is 33.9 Å². The molecule has 1 unspecified atom stereocenters. The highest BCUT2D eigenvalue weighted by molar-refractivity contribution is 8.13. The Kier molecular flexibility index (Phi) is 11.6. The number of ether oxygens (including phenoxy) is 2. The van der Waals surface area contributed by atoms with E-state index in [0.717, 1.165) is 5.76 Å². The third-order valence-corrected chi connectivity index (χ3v) is 4.06. The van der Waals surface area contributed by atoms with Crippen LogP contribution in [0.2, 0.25) is 0 Å². The van der Waals surface area contributed by atoms with Crippen LogP contribution in [0.3, 0.4) is 0 Å². The topological polar surface area (TPSA) is 55.5 Å². The molecule has 126 valence electrons. The minimum atomic E-state index is -0.444. The summed E-state index contributed by atoms with van der Waals surface area (Å²) in [7, 11) is 4.78. The summed E-state index contributed by atoms with van der Waals surface area (Å²) < 4.78 is 10.6. The summed E-state index contributed by atoms with van der Waals surface area (Å²) in [5, 5.41) is 1.49. The first-order valence-corrected chi connectivity index (χ1v) is 8.65. The highest BCUT2D eigenvalue weighted by atomic mass is 35.5. The van der Waals surface area contributed by atoms with Crippen LogP contribution in [-0.4, -0.2) is 49.8 Å². The second-order valence-electron chi connectivity index (χ2n) is 4.11. The maximum atomic E-state index is 6.25. The lowest BCUT2D eigenvalue weighted by Crippen LogP contribution is -2.12. The van der Waals surface area contributed by atoms with Gasteiger partial charge in [0.15, 0.2) is 11.4 Å². The molecule has 0 aliphatic carbocycles. The van der Waals surface area contributed by atoms with Crippen LogP contribution in [0.5, 0.6) is 0 Å². The van der Waals surface area contributed by atoms with Gasteiger partial charge in [0.05, 0.1) is 17.9 Å². The Labute approximate surface area is 146 Å². The summed E-state index contributed by atoms with van der Waals surface area (Å²) >= 11 is 13.6. The molecule has 0 spiro atoms. The van der Waals surface area contributed by atoms with Gasteiger partial charge < -0.3 is 9.47 Å². The summed E-state index contributed by atoms with van der Waals surface area (Å²) in [5.41, 5.74) is 0.597. The molecule has 0 heterocycles. The molecule has 0 aliphatic heterocycles. The molecule has 5 nitrogen and oxygen atoms in total. The molecule has 0 saturated heterocycles. The van der Waals surface area contributed by atoms with Crippen LogP contribution in [0.15, 0.2) is 25.8 Å². The second kappa shape index (κ2) is 11.9. The van der Waals surface area contributed by atoms with Gasteiger partial charge in [-0.15, -0.1) is 0 Å². The van der Waals surface area contributed by atoms with E-state index in [1.165, 1.54) is 11.8 Å². The largest absolute Gasteiger partial charge is 0.500 e. The van der Waals surface area contributed by atoms with Crippen molar-refractivity contribution in [2.45, 2.75) is 32.9 Å². The molecule has 8 heteroatoms. The van der Waals surface area contributed by atoms with E-state index in [1.54, 1.807) is 28.2 Å². The number of hydrogen-bond acceptors (Lipinski definition) is 5. The van der Waals surface area contributed by atoms with E-state index in [4.69, 9.17) is 32.7 Å². The van der Waals surface area contributed by atoms with Gasteiger partial charge in [0.2, 0.25) is 0 Å². The van der Waals surface area contributed by atoms with Crippen LogP contribution >= 0.6 is 35.0 Å². The van der Waals surface area contributed by atoms with Gasteiger partial charge in [0, 0.05) is 27.0 Å². The summed E-state index contributed by atoms with van der Waals surface area (Å²) in [6, 6.07) is 0. The highest BCUT2D eigenvalue weighted by Gasteiger charge is 2.13. The second-order valence-corrected chi connectivity index (χ2v) is 5.70. The van der Waals surface area contributed by atoms with Crippen molar-refractivity contribution in [1.82, 2.24) is 0 Å². The fourth-order valence-electron chi connectivity index (χ4n) is 1.50. The number of aliphatic imine (C=N–C) groups is 3. The van der Waals surface area contributed by atoms with Crippen molar-refractivity contribution in [2.24, 2.45) is 15.0 Å². The number of rotatable bonds is 7. The maximum Gasteiger partial charge on any atom is 0.185 e. The van der Waals surface area contributed by atoms with E-state index >= 15 is 0 Å². The summed E-state index contributed by atoms with van der Waals surface area (Å²) in [5.74, 6) is 0.727. The molecule has 0 rings (SSSR count). The lowest BCUT2D eigenvalue weighted by molar-refractivity contribution is 0.111. The highest BCUT2D eigenvalue weighted by Crippen LogP contribution is 2.21. The molecule has 0 aromatic carbocycles. The maximum absolute atomic E-state index is 6.25. The Bertz CT molecular complexity index is 471. The molecular weight excluding hydrogens is 345 g/mol. The molecule has 0 amide bonds. The average Bonchev–Trinajstić information content (AvgIpc) is 2.53. The zero-order valence-electron chi connectivity index (χ0n) is 13.8. The Hall–Kier alpha value is -0.560. The first-order chi connectivity index (χ1) is 10.4. The first kappa shape index (κ1) is 21.4. The zero-order chi connectivity index (χ0) is 17.1. The minimum absolute atomic E-state index is 0.348. The van der Waals surface area contributed by atoms with Gasteiger partial charge in [-0.2, -0.15) is 0 Å². The fourth-order valence-corrected chi connectivity index (χ4v) is 2.33. The Balaban J connectivity index is 5.27. The number of allylic oxidation sites excluding steroid dienone is 1. The van der Waals surface area contributed by atoms with Crippen molar-refractivity contribution in [3.05, 3.63) is 10.8 Å². The van der Waals surface area contributed by atoms with Crippen LogP contribution in [-0.2, 0) is 9.47 Å². The first-order valence-electron chi connectivity index (χ1n) is 6.67. The molecule has 0 aromatic rings. The smallest absolute Gasteiger partial charge is 0.185 e. The molecule has 0 saturated carbocycles. The number of hydrogen-bond donors (Lipinski definition) is 0. The molecule has 0 fully saturated rings. The third-order valence-electron chi connectivity index (χ3n) is 2.69. The van der Waals surface area contributed by atoms with Crippen molar-refractivity contribution in [2.75, 3.05) is 27.5 Å². The molecule has 0 N–H and O–H groups in total. The molecule has 0 bridgehead atoms. The molecule has 0 radical (unpaired) electrons. The number of amidine groups is 1. The average molecular weight is 368 g/mol. The van der Waals surface area contributed by atoms with E-state index in [9.17, 15) is 0 Å². The van der Waals surface area contributed by atoms with Crippen molar-refractivity contribution in [3.63, 3.8) is 0 Å². The number of nitrogens with zero attached hydrogens (tertiary/aromatic N) is 3. The lowest BCUT2D eigenvalue weighted by Gasteiger charge is -2.13. The fraction of sp³-hybridized carbons (Fsp3) is 0.643. The van der Waals surface area contributed by atoms with Crippen molar-refractivity contribution < 1.29 is 9.47 Å². The number of thioether (sulfide) groups is 1. The van der Waals surface area contributed by atoms with Gasteiger partial charge in [-0.3, -0.25) is 4.99 Å². The minimum Gasteiger partial charge on any atom is -0.500 e. The molecular formula is C14H23Cl2N3O2S. The van der Waals surface area contributed by atoms with Gasteiger partial charge in [0.1, 0.15) is 10.9 Å². The Morgan fingerprint density at radius 2 is 1.91 bits per heavy atom. The SMILES string of the molecule is CC/C(OC)=C(/Cl)CC(N=C(/N=C(C)/C(Cl)=N\C)SC)OC. The Morgan fingerprint density at radius 3 is 2.32 bits per heavy atom.